The van der Waals surface area contributed by atoms with Gasteiger partial charge in [-0.15, -0.1) is 0 Å². The van der Waals surface area contributed by atoms with Crippen molar-refractivity contribution in [1.29, 1.82) is 0 Å². The van der Waals surface area contributed by atoms with E-state index in [-0.39, 0.29) is 20.2 Å². The Morgan fingerprint density at radius 1 is 0.879 bits per heavy atom. The van der Waals surface area contributed by atoms with Gasteiger partial charge in [0.2, 0.25) is 5.75 Å². The molecule has 180 valence electrons. The second kappa shape index (κ2) is 11.6. The van der Waals surface area contributed by atoms with Crippen LogP contribution in [0.2, 0.25) is 0 Å². The van der Waals surface area contributed by atoms with Crippen LogP contribution in [0.15, 0.2) is 30.3 Å². The zero-order valence-electron chi connectivity index (χ0n) is 19.2. The summed E-state index contributed by atoms with van der Waals surface area (Å²) in [5.74, 6) is 1.63. The highest BCUT2D eigenvalue weighted by Gasteiger charge is 2.35. The first-order chi connectivity index (χ1) is 16.1. The second-order valence-corrected chi connectivity index (χ2v) is 6.93. The highest BCUT2D eigenvalue weighted by molar-refractivity contribution is 5.90. The van der Waals surface area contributed by atoms with Crippen molar-refractivity contribution in [3.63, 3.8) is 0 Å². The summed E-state index contributed by atoms with van der Waals surface area (Å²) in [5.41, 5.74) is 1.03. The van der Waals surface area contributed by atoms with Crippen molar-refractivity contribution < 1.29 is 47.4 Å². The number of fused-ring (bicyclic) bond motifs is 1. The van der Waals surface area contributed by atoms with Crippen LogP contribution in [0.1, 0.15) is 22.0 Å². The third kappa shape index (κ3) is 5.59. The monoisotopic (exact) mass is 464 g/mol. The molecule has 0 aliphatic carbocycles. The van der Waals surface area contributed by atoms with Crippen LogP contribution in [0.25, 0.3) is 0 Å². The predicted molar refractivity (Wildman–Crippen MR) is 115 cm³/mol. The Hall–Kier alpha value is -3.21. The molecular weight excluding hydrogens is 436 g/mol. The quantitative estimate of drug-likeness (QED) is 0.280. The Morgan fingerprint density at radius 2 is 1.58 bits per heavy atom. The lowest BCUT2D eigenvalue weighted by Crippen LogP contribution is -2.37. The van der Waals surface area contributed by atoms with Crippen molar-refractivity contribution in [1.82, 2.24) is 0 Å². The lowest BCUT2D eigenvalue weighted by Gasteiger charge is -2.34. The number of carbonyl (C=O) groups excluding carboxylic acids is 1. The molecule has 3 rings (SSSR count). The van der Waals surface area contributed by atoms with E-state index in [9.17, 15) is 4.79 Å². The Morgan fingerprint density at radius 3 is 2.18 bits per heavy atom. The van der Waals surface area contributed by atoms with Gasteiger partial charge in [-0.3, -0.25) is 0 Å². The lowest BCUT2D eigenvalue weighted by atomic mass is 10.0. The van der Waals surface area contributed by atoms with Gasteiger partial charge in [-0.25, -0.2) is 4.79 Å². The number of rotatable bonds is 11. The van der Waals surface area contributed by atoms with Gasteiger partial charge in [-0.1, -0.05) is 0 Å². The van der Waals surface area contributed by atoms with Crippen molar-refractivity contribution in [2.24, 2.45) is 0 Å². The molecule has 0 fully saturated rings. The average molecular weight is 464 g/mol. The number of carbonyl (C=O) groups is 1. The van der Waals surface area contributed by atoms with Crippen molar-refractivity contribution >= 4 is 5.97 Å². The molecule has 0 amide bonds. The van der Waals surface area contributed by atoms with Gasteiger partial charge < -0.3 is 42.6 Å². The summed E-state index contributed by atoms with van der Waals surface area (Å²) in [4.78, 5) is 12.0. The minimum atomic E-state index is -0.624. The van der Waals surface area contributed by atoms with Gasteiger partial charge in [0, 0.05) is 19.8 Å². The molecule has 10 heteroatoms. The predicted octanol–water partition coefficient (Wildman–Crippen LogP) is 2.97. The molecule has 1 aliphatic rings. The molecule has 33 heavy (non-hydrogen) atoms. The molecule has 0 unspecified atom stereocenters. The zero-order valence-corrected chi connectivity index (χ0v) is 19.2. The number of esters is 1. The summed E-state index contributed by atoms with van der Waals surface area (Å²) < 4.78 is 49.4. The second-order valence-electron chi connectivity index (χ2n) is 6.93. The number of methoxy groups -OCH3 is 5. The summed E-state index contributed by atoms with van der Waals surface area (Å²) in [7, 11) is 7.41. The van der Waals surface area contributed by atoms with Crippen LogP contribution in [0, 0.1) is 0 Å². The van der Waals surface area contributed by atoms with E-state index in [2.05, 4.69) is 0 Å². The van der Waals surface area contributed by atoms with Crippen LogP contribution in [-0.4, -0.2) is 67.8 Å². The lowest BCUT2D eigenvalue weighted by molar-refractivity contribution is -0.0869. The summed E-state index contributed by atoms with van der Waals surface area (Å²) in [6, 6.07) is 8.37. The normalized spacial score (nSPS) is 16.8. The Labute approximate surface area is 192 Å². The largest absolute Gasteiger partial charge is 0.493 e. The summed E-state index contributed by atoms with van der Waals surface area (Å²) in [6.45, 7) is 0.298. The van der Waals surface area contributed by atoms with Gasteiger partial charge in [0.25, 0.3) is 0 Å². The number of ether oxygens (including phenoxy) is 9. The van der Waals surface area contributed by atoms with Crippen molar-refractivity contribution in [2.75, 3.05) is 55.7 Å². The first-order valence-corrected chi connectivity index (χ1v) is 10.1. The minimum Gasteiger partial charge on any atom is -0.493 e. The van der Waals surface area contributed by atoms with Crippen LogP contribution >= 0.6 is 0 Å². The molecular formula is C23H28O10. The van der Waals surface area contributed by atoms with Crippen LogP contribution < -0.4 is 23.7 Å². The SMILES string of the molecule is COCOC[C@H]1Oc2ccc(C(=O)OC)cc2O[C@@H]1c1cc(OC)c(OCOC)c(OC)c1. The third-order valence-electron chi connectivity index (χ3n) is 4.85. The van der Waals surface area contributed by atoms with Crippen molar-refractivity contribution in [3.05, 3.63) is 41.5 Å². The summed E-state index contributed by atoms with van der Waals surface area (Å²) in [6.07, 6.45) is -1.15. The number of hydrogen-bond acceptors (Lipinski definition) is 10. The molecule has 2 atom stereocenters. The topological polar surface area (TPSA) is 100 Å². The van der Waals surface area contributed by atoms with E-state index in [0.29, 0.717) is 39.9 Å². The highest BCUT2D eigenvalue weighted by Crippen LogP contribution is 2.45. The average Bonchev–Trinajstić information content (AvgIpc) is 2.85. The van der Waals surface area contributed by atoms with E-state index in [1.165, 1.54) is 35.5 Å². The van der Waals surface area contributed by atoms with Crippen LogP contribution in [0.4, 0.5) is 0 Å². The van der Waals surface area contributed by atoms with E-state index in [0.717, 1.165) is 0 Å². The van der Waals surface area contributed by atoms with E-state index in [1.807, 2.05) is 0 Å². The van der Waals surface area contributed by atoms with Crippen LogP contribution in [0.3, 0.4) is 0 Å². The standard InChI is InChI=1S/C23H28O10/c1-25-12-30-11-20-21(33-17-8-14(23(24)29-5)6-7-16(17)32-20)15-9-18(27-3)22(31-13-26-2)19(10-15)28-4/h6-10,20-21H,11-13H2,1-5H3/t20-,21-/m1/s1. The Kier molecular flexibility index (Phi) is 8.58. The molecule has 0 N–H and O–H groups in total. The van der Waals surface area contributed by atoms with Crippen molar-refractivity contribution in [3.8, 4) is 28.7 Å². The van der Waals surface area contributed by atoms with Gasteiger partial charge in [-0.05, 0) is 30.3 Å². The molecule has 0 saturated heterocycles. The third-order valence-corrected chi connectivity index (χ3v) is 4.85. The Bertz CT molecular complexity index is 920. The van der Waals surface area contributed by atoms with E-state index >= 15 is 0 Å². The smallest absolute Gasteiger partial charge is 0.337 e. The van der Waals surface area contributed by atoms with Gasteiger partial charge in [-0.2, -0.15) is 0 Å². The van der Waals surface area contributed by atoms with Crippen LogP contribution in [0.5, 0.6) is 28.7 Å². The van der Waals surface area contributed by atoms with Gasteiger partial charge in [0.15, 0.2) is 42.0 Å². The molecule has 0 saturated carbocycles. The number of benzene rings is 2. The molecule has 1 heterocycles. The summed E-state index contributed by atoms with van der Waals surface area (Å²) in [5, 5.41) is 0. The first kappa shape index (κ1) is 24.4. The maximum Gasteiger partial charge on any atom is 0.337 e. The van der Waals surface area contributed by atoms with E-state index in [1.54, 1.807) is 30.3 Å². The Balaban J connectivity index is 2.01. The maximum atomic E-state index is 12.0. The molecule has 10 nitrogen and oxygen atoms in total. The molecule has 2 aromatic rings. The summed E-state index contributed by atoms with van der Waals surface area (Å²) >= 11 is 0. The van der Waals surface area contributed by atoms with Gasteiger partial charge in [0.1, 0.15) is 6.79 Å². The van der Waals surface area contributed by atoms with E-state index in [4.69, 9.17) is 42.6 Å². The van der Waals surface area contributed by atoms with Gasteiger partial charge >= 0.3 is 5.97 Å². The van der Waals surface area contributed by atoms with E-state index < -0.39 is 18.2 Å². The fourth-order valence-electron chi connectivity index (χ4n) is 3.36. The zero-order chi connectivity index (χ0) is 23.8. The molecule has 0 spiro atoms. The molecule has 0 aromatic heterocycles. The molecule has 0 radical (unpaired) electrons. The number of hydrogen-bond donors (Lipinski definition) is 0. The molecule has 1 aliphatic heterocycles. The fourth-order valence-corrected chi connectivity index (χ4v) is 3.36. The first-order valence-electron chi connectivity index (χ1n) is 10.1. The van der Waals surface area contributed by atoms with Gasteiger partial charge in [0.05, 0.1) is 33.5 Å². The minimum absolute atomic E-state index is 0.0201. The van der Waals surface area contributed by atoms with Crippen molar-refractivity contribution in [2.45, 2.75) is 12.2 Å². The maximum absolute atomic E-state index is 12.0. The van der Waals surface area contributed by atoms with Crippen LogP contribution in [-0.2, 0) is 18.9 Å². The highest BCUT2D eigenvalue weighted by atomic mass is 16.7. The molecule has 0 bridgehead atoms. The molecule has 2 aromatic carbocycles. The fraction of sp³-hybridized carbons (Fsp3) is 0.435.